The molecular weight excluding hydrogens is 334 g/mol. The van der Waals surface area contributed by atoms with Crippen LogP contribution in [0.5, 0.6) is 17.4 Å². The molecule has 1 heterocycles. The average Bonchev–Trinajstić information content (AvgIpc) is 2.68. The van der Waals surface area contributed by atoms with Gasteiger partial charge in [-0.3, -0.25) is 4.79 Å². The van der Waals surface area contributed by atoms with Crippen LogP contribution in [0.15, 0.2) is 42.5 Å². The first-order valence-electron chi connectivity index (χ1n) is 8.08. The molecule has 1 N–H and O–H groups in total. The summed E-state index contributed by atoms with van der Waals surface area (Å²) >= 11 is 0. The number of hydrogen-bond donors (Lipinski definition) is 1. The van der Waals surface area contributed by atoms with Crippen LogP contribution in [0.2, 0.25) is 0 Å². The third-order valence-electron chi connectivity index (χ3n) is 3.67. The highest BCUT2D eigenvalue weighted by Gasteiger charge is 2.16. The number of amides is 1. The van der Waals surface area contributed by atoms with Gasteiger partial charge in [-0.1, -0.05) is 12.1 Å². The average molecular weight is 353 g/mol. The van der Waals surface area contributed by atoms with Gasteiger partial charge >= 0.3 is 0 Å². The van der Waals surface area contributed by atoms with Gasteiger partial charge in [0.2, 0.25) is 0 Å². The number of aromatic nitrogens is 2. The minimum atomic E-state index is -0.368. The minimum absolute atomic E-state index is 0.261. The summed E-state index contributed by atoms with van der Waals surface area (Å²) < 4.78 is 15.9. The van der Waals surface area contributed by atoms with Crippen LogP contribution in [0.25, 0.3) is 11.0 Å². The van der Waals surface area contributed by atoms with E-state index in [1.165, 1.54) is 14.2 Å². The van der Waals surface area contributed by atoms with Crippen LogP contribution in [0.3, 0.4) is 0 Å². The maximum absolute atomic E-state index is 12.7. The molecule has 134 valence electrons. The molecule has 26 heavy (non-hydrogen) atoms. The van der Waals surface area contributed by atoms with E-state index in [-0.39, 0.29) is 17.6 Å². The monoisotopic (exact) mass is 353 g/mol. The van der Waals surface area contributed by atoms with E-state index in [2.05, 4.69) is 15.3 Å². The largest absolute Gasteiger partial charge is 0.497 e. The Kier molecular flexibility index (Phi) is 5.17. The molecular formula is C19H19N3O4. The lowest BCUT2D eigenvalue weighted by atomic mass is 10.2. The van der Waals surface area contributed by atoms with Gasteiger partial charge in [-0.15, -0.1) is 0 Å². The lowest BCUT2D eigenvalue weighted by Crippen LogP contribution is -2.15. The number of nitrogens with one attached hydrogen (secondary N) is 1. The molecule has 1 amide bonds. The molecule has 0 fully saturated rings. The smallest absolute Gasteiger partial charge is 0.258 e. The van der Waals surface area contributed by atoms with Gasteiger partial charge in [-0.2, -0.15) is 0 Å². The molecule has 0 bridgehead atoms. The van der Waals surface area contributed by atoms with Crippen molar-refractivity contribution in [2.45, 2.75) is 6.92 Å². The van der Waals surface area contributed by atoms with Crippen LogP contribution in [-0.2, 0) is 0 Å². The predicted octanol–water partition coefficient (Wildman–Crippen LogP) is 3.30. The third kappa shape index (κ3) is 3.66. The van der Waals surface area contributed by atoms with Crippen molar-refractivity contribution in [3.05, 3.63) is 48.0 Å². The summed E-state index contributed by atoms with van der Waals surface area (Å²) in [7, 11) is 3.05. The molecule has 0 radical (unpaired) electrons. The molecule has 3 rings (SSSR count). The van der Waals surface area contributed by atoms with E-state index >= 15 is 0 Å². The Balaban J connectivity index is 1.97. The van der Waals surface area contributed by atoms with Crippen molar-refractivity contribution >= 4 is 22.8 Å². The van der Waals surface area contributed by atoms with E-state index in [1.54, 1.807) is 18.2 Å². The van der Waals surface area contributed by atoms with Crippen LogP contribution < -0.4 is 19.5 Å². The van der Waals surface area contributed by atoms with E-state index in [9.17, 15) is 4.79 Å². The molecule has 1 aromatic heterocycles. The van der Waals surface area contributed by atoms with Gasteiger partial charge in [-0.05, 0) is 31.2 Å². The number of benzene rings is 2. The van der Waals surface area contributed by atoms with Gasteiger partial charge in [0, 0.05) is 11.6 Å². The Bertz CT molecular complexity index is 921. The molecule has 0 aliphatic rings. The lowest BCUT2D eigenvalue weighted by Gasteiger charge is -2.12. The number of anilines is 1. The van der Waals surface area contributed by atoms with Crippen molar-refractivity contribution in [1.82, 2.24) is 9.97 Å². The number of rotatable bonds is 6. The molecule has 2 aromatic carbocycles. The maximum atomic E-state index is 12.7. The summed E-state index contributed by atoms with van der Waals surface area (Å²) in [4.78, 5) is 21.6. The fourth-order valence-corrected chi connectivity index (χ4v) is 2.42. The van der Waals surface area contributed by atoms with E-state index in [0.717, 1.165) is 0 Å². The first kappa shape index (κ1) is 17.5. The fraction of sp³-hybridized carbons (Fsp3) is 0.211. The zero-order chi connectivity index (χ0) is 18.5. The van der Waals surface area contributed by atoms with Crippen LogP contribution in [0, 0.1) is 0 Å². The quantitative estimate of drug-likeness (QED) is 0.732. The number of methoxy groups -OCH3 is 2. The zero-order valence-corrected chi connectivity index (χ0v) is 14.8. The van der Waals surface area contributed by atoms with Gasteiger partial charge in [0.1, 0.15) is 11.5 Å². The van der Waals surface area contributed by atoms with E-state index < -0.39 is 0 Å². The Morgan fingerprint density at radius 3 is 2.19 bits per heavy atom. The highest BCUT2D eigenvalue weighted by molar-refractivity contribution is 6.05. The van der Waals surface area contributed by atoms with Crippen LogP contribution in [0.1, 0.15) is 17.3 Å². The van der Waals surface area contributed by atoms with Crippen molar-refractivity contribution < 1.29 is 19.0 Å². The first-order valence-corrected chi connectivity index (χ1v) is 8.08. The summed E-state index contributed by atoms with van der Waals surface area (Å²) in [6, 6.07) is 12.3. The summed E-state index contributed by atoms with van der Waals surface area (Å²) in [6.45, 7) is 2.25. The number of ether oxygens (including phenoxy) is 3. The van der Waals surface area contributed by atoms with Crippen LogP contribution >= 0.6 is 0 Å². The summed E-state index contributed by atoms with van der Waals surface area (Å²) in [6.07, 6.45) is 0. The summed E-state index contributed by atoms with van der Waals surface area (Å²) in [5.74, 6) is 1.20. The van der Waals surface area contributed by atoms with E-state index in [4.69, 9.17) is 14.2 Å². The lowest BCUT2D eigenvalue weighted by molar-refractivity contribution is 0.102. The second-order valence-electron chi connectivity index (χ2n) is 5.35. The van der Waals surface area contributed by atoms with Crippen molar-refractivity contribution in [2.75, 3.05) is 26.1 Å². The van der Waals surface area contributed by atoms with Crippen molar-refractivity contribution in [3.63, 3.8) is 0 Å². The Morgan fingerprint density at radius 2 is 1.62 bits per heavy atom. The molecule has 7 nitrogen and oxygen atoms in total. The van der Waals surface area contributed by atoms with Gasteiger partial charge < -0.3 is 19.5 Å². The summed E-state index contributed by atoms with van der Waals surface area (Å²) in [5.41, 5.74) is 1.73. The van der Waals surface area contributed by atoms with Crippen molar-refractivity contribution in [2.24, 2.45) is 0 Å². The first-order chi connectivity index (χ1) is 12.6. The highest BCUT2D eigenvalue weighted by atomic mass is 16.5. The molecule has 0 aliphatic carbocycles. The topological polar surface area (TPSA) is 82.6 Å². The molecule has 3 aromatic rings. The Morgan fingerprint density at radius 1 is 1.00 bits per heavy atom. The third-order valence-corrected chi connectivity index (χ3v) is 3.67. The predicted molar refractivity (Wildman–Crippen MR) is 98.2 cm³/mol. The standard InChI is InChI=1S/C19H19N3O4/c1-4-26-19-17(20-15-7-5-6-8-16(15)21-19)22-18(23)12-9-13(24-2)11-14(10-12)25-3/h5-11H,4H2,1-3H3,(H,20,22,23). The Hall–Kier alpha value is -3.35. The normalized spacial score (nSPS) is 10.4. The van der Waals surface area contributed by atoms with Gasteiger partial charge in [0.15, 0.2) is 5.82 Å². The number of carbonyl (C=O) groups is 1. The van der Waals surface area contributed by atoms with Crippen LogP contribution in [-0.4, -0.2) is 36.7 Å². The maximum Gasteiger partial charge on any atom is 0.258 e. The molecule has 0 aliphatic heterocycles. The van der Waals surface area contributed by atoms with Gasteiger partial charge in [0.05, 0.1) is 31.9 Å². The zero-order valence-electron chi connectivity index (χ0n) is 14.8. The van der Waals surface area contributed by atoms with Gasteiger partial charge in [-0.25, -0.2) is 9.97 Å². The Labute approximate surface area is 150 Å². The van der Waals surface area contributed by atoms with Crippen LogP contribution in [0.4, 0.5) is 5.82 Å². The second-order valence-corrected chi connectivity index (χ2v) is 5.35. The number of para-hydroxylation sites is 2. The molecule has 0 spiro atoms. The fourth-order valence-electron chi connectivity index (χ4n) is 2.42. The molecule has 0 saturated heterocycles. The molecule has 0 unspecified atom stereocenters. The second kappa shape index (κ2) is 7.69. The van der Waals surface area contributed by atoms with E-state index in [0.29, 0.717) is 34.7 Å². The highest BCUT2D eigenvalue weighted by Crippen LogP contribution is 2.26. The SMILES string of the molecule is CCOc1nc2ccccc2nc1NC(=O)c1cc(OC)cc(OC)c1. The van der Waals surface area contributed by atoms with E-state index in [1.807, 2.05) is 31.2 Å². The number of hydrogen-bond acceptors (Lipinski definition) is 6. The minimum Gasteiger partial charge on any atom is -0.497 e. The van der Waals surface area contributed by atoms with Crippen molar-refractivity contribution in [1.29, 1.82) is 0 Å². The number of carbonyl (C=O) groups excluding carboxylic acids is 1. The molecule has 7 heteroatoms. The van der Waals surface area contributed by atoms with Crippen molar-refractivity contribution in [3.8, 4) is 17.4 Å². The molecule has 0 atom stereocenters. The number of fused-ring (bicyclic) bond motifs is 1. The number of nitrogens with zero attached hydrogens (tertiary/aromatic N) is 2. The van der Waals surface area contributed by atoms with Gasteiger partial charge in [0.25, 0.3) is 11.8 Å². The molecule has 0 saturated carbocycles. The summed E-state index contributed by atoms with van der Waals surface area (Å²) in [5, 5.41) is 2.76.